The Morgan fingerprint density at radius 1 is 1.28 bits per heavy atom. The van der Waals surface area contributed by atoms with E-state index in [0.29, 0.717) is 12.1 Å². The van der Waals surface area contributed by atoms with Gasteiger partial charge in [0, 0.05) is 18.8 Å². The van der Waals surface area contributed by atoms with Crippen LogP contribution in [0.5, 0.6) is 0 Å². The third-order valence-electron chi connectivity index (χ3n) is 2.67. The molecule has 18 heavy (non-hydrogen) atoms. The van der Waals surface area contributed by atoms with E-state index in [-0.39, 0.29) is 6.61 Å². The highest BCUT2D eigenvalue weighted by atomic mass is 16.4. The Kier molecular flexibility index (Phi) is 5.61. The summed E-state index contributed by atoms with van der Waals surface area (Å²) < 4.78 is 0. The Morgan fingerprint density at radius 2 is 1.89 bits per heavy atom. The van der Waals surface area contributed by atoms with Gasteiger partial charge < -0.3 is 20.2 Å². The van der Waals surface area contributed by atoms with E-state index in [4.69, 9.17) is 10.2 Å². The van der Waals surface area contributed by atoms with Gasteiger partial charge in [-0.1, -0.05) is 19.1 Å². The number of aliphatic hydroxyl groups is 2. The van der Waals surface area contributed by atoms with Gasteiger partial charge in [-0.15, -0.1) is 0 Å². The highest BCUT2D eigenvalue weighted by Crippen LogP contribution is 2.19. The van der Waals surface area contributed by atoms with Crippen LogP contribution in [-0.2, 0) is 4.79 Å². The molecule has 0 bridgehead atoms. The molecule has 1 atom stereocenters. The Bertz CT molecular complexity index is 371. The lowest BCUT2D eigenvalue weighted by Crippen LogP contribution is -2.27. The van der Waals surface area contributed by atoms with Crippen molar-refractivity contribution in [3.8, 4) is 0 Å². The molecule has 0 aromatic heterocycles. The first-order valence-corrected chi connectivity index (χ1v) is 5.96. The van der Waals surface area contributed by atoms with Crippen LogP contribution in [0.4, 0.5) is 5.69 Å². The van der Waals surface area contributed by atoms with Gasteiger partial charge in [0.05, 0.1) is 6.61 Å². The second-order valence-corrected chi connectivity index (χ2v) is 4.04. The van der Waals surface area contributed by atoms with E-state index in [2.05, 4.69) is 0 Å². The number of nitrogens with zero attached hydrogens (tertiary/aromatic N) is 1. The molecule has 1 aromatic rings. The second-order valence-electron chi connectivity index (χ2n) is 4.04. The van der Waals surface area contributed by atoms with Gasteiger partial charge in [-0.05, 0) is 24.1 Å². The Hall–Kier alpha value is -1.59. The minimum atomic E-state index is -1.49. The summed E-state index contributed by atoms with van der Waals surface area (Å²) in [6.45, 7) is 3.47. The lowest BCUT2D eigenvalue weighted by molar-refractivity contribution is -0.146. The molecule has 3 N–H and O–H groups in total. The SMILES string of the molecule is CCCN(CCO)c1ccc(C(O)C(=O)O)cc1. The van der Waals surface area contributed by atoms with Crippen LogP contribution >= 0.6 is 0 Å². The molecule has 1 unspecified atom stereocenters. The zero-order chi connectivity index (χ0) is 13.5. The van der Waals surface area contributed by atoms with Crippen molar-refractivity contribution >= 4 is 11.7 Å². The van der Waals surface area contributed by atoms with E-state index in [1.807, 2.05) is 11.8 Å². The first kappa shape index (κ1) is 14.5. The zero-order valence-corrected chi connectivity index (χ0v) is 10.4. The third kappa shape index (κ3) is 3.72. The average molecular weight is 253 g/mol. The van der Waals surface area contributed by atoms with Crippen molar-refractivity contribution in [2.24, 2.45) is 0 Å². The lowest BCUT2D eigenvalue weighted by Gasteiger charge is -2.23. The second kappa shape index (κ2) is 6.98. The van der Waals surface area contributed by atoms with E-state index in [1.165, 1.54) is 0 Å². The van der Waals surface area contributed by atoms with Crippen molar-refractivity contribution in [2.45, 2.75) is 19.4 Å². The Balaban J connectivity index is 2.82. The minimum absolute atomic E-state index is 0.0690. The maximum absolute atomic E-state index is 10.6. The fourth-order valence-corrected chi connectivity index (χ4v) is 1.77. The number of hydrogen-bond donors (Lipinski definition) is 3. The van der Waals surface area contributed by atoms with E-state index in [9.17, 15) is 9.90 Å². The number of carbonyl (C=O) groups is 1. The van der Waals surface area contributed by atoms with Crippen LogP contribution in [0, 0.1) is 0 Å². The molecule has 0 saturated heterocycles. The van der Waals surface area contributed by atoms with E-state index >= 15 is 0 Å². The number of carboxylic acids is 1. The Morgan fingerprint density at radius 3 is 2.33 bits per heavy atom. The van der Waals surface area contributed by atoms with Gasteiger partial charge in [0.15, 0.2) is 6.10 Å². The largest absolute Gasteiger partial charge is 0.479 e. The molecule has 0 fully saturated rings. The van der Waals surface area contributed by atoms with Crippen molar-refractivity contribution in [1.82, 2.24) is 0 Å². The van der Waals surface area contributed by atoms with Gasteiger partial charge in [-0.25, -0.2) is 4.79 Å². The molecule has 0 aliphatic heterocycles. The van der Waals surface area contributed by atoms with Gasteiger partial charge in [-0.2, -0.15) is 0 Å². The first-order chi connectivity index (χ1) is 8.60. The van der Waals surface area contributed by atoms with Gasteiger partial charge in [0.1, 0.15) is 0 Å². The number of aliphatic hydroxyl groups excluding tert-OH is 2. The van der Waals surface area contributed by atoms with Crippen LogP contribution in [0.2, 0.25) is 0 Å². The molecule has 5 nitrogen and oxygen atoms in total. The van der Waals surface area contributed by atoms with Crippen LogP contribution in [0.3, 0.4) is 0 Å². The molecule has 5 heteroatoms. The van der Waals surface area contributed by atoms with E-state index < -0.39 is 12.1 Å². The van der Waals surface area contributed by atoms with Gasteiger partial charge >= 0.3 is 5.97 Å². The maximum atomic E-state index is 10.6. The number of hydrogen-bond acceptors (Lipinski definition) is 4. The van der Waals surface area contributed by atoms with Crippen molar-refractivity contribution in [1.29, 1.82) is 0 Å². The molecular formula is C13H19NO4. The van der Waals surface area contributed by atoms with Crippen LogP contribution in [0.1, 0.15) is 25.0 Å². The highest BCUT2D eigenvalue weighted by molar-refractivity contribution is 5.74. The molecule has 0 aliphatic rings. The van der Waals surface area contributed by atoms with Crippen LogP contribution in [0.25, 0.3) is 0 Å². The quantitative estimate of drug-likeness (QED) is 0.676. The number of rotatable bonds is 7. The zero-order valence-electron chi connectivity index (χ0n) is 10.4. The summed E-state index contributed by atoms with van der Waals surface area (Å²) in [5, 5.41) is 27.1. The van der Waals surface area contributed by atoms with Crippen LogP contribution < -0.4 is 4.90 Å². The van der Waals surface area contributed by atoms with Gasteiger partial charge in [0.25, 0.3) is 0 Å². The monoisotopic (exact) mass is 253 g/mol. The Labute approximate surface area is 106 Å². The van der Waals surface area contributed by atoms with Crippen molar-refractivity contribution in [3.63, 3.8) is 0 Å². The van der Waals surface area contributed by atoms with Gasteiger partial charge in [-0.3, -0.25) is 0 Å². The maximum Gasteiger partial charge on any atom is 0.337 e. The van der Waals surface area contributed by atoms with E-state index in [1.54, 1.807) is 24.3 Å². The smallest absolute Gasteiger partial charge is 0.337 e. The molecule has 1 rings (SSSR count). The summed E-state index contributed by atoms with van der Waals surface area (Å²) in [5.74, 6) is -1.26. The summed E-state index contributed by atoms with van der Waals surface area (Å²) >= 11 is 0. The molecule has 100 valence electrons. The number of anilines is 1. The summed E-state index contributed by atoms with van der Waals surface area (Å²) in [4.78, 5) is 12.6. The van der Waals surface area contributed by atoms with Crippen molar-refractivity contribution in [2.75, 3.05) is 24.6 Å². The number of benzene rings is 1. The molecule has 0 amide bonds. The summed E-state index contributed by atoms with van der Waals surface area (Å²) in [5.41, 5.74) is 1.26. The molecular weight excluding hydrogens is 234 g/mol. The molecule has 0 aliphatic carbocycles. The average Bonchev–Trinajstić information content (AvgIpc) is 2.38. The fraction of sp³-hybridized carbons (Fsp3) is 0.462. The summed E-state index contributed by atoms with van der Waals surface area (Å²) in [7, 11) is 0. The topological polar surface area (TPSA) is 81.0 Å². The van der Waals surface area contributed by atoms with E-state index in [0.717, 1.165) is 18.7 Å². The lowest BCUT2D eigenvalue weighted by atomic mass is 10.1. The molecule has 0 saturated carbocycles. The van der Waals surface area contributed by atoms with Crippen molar-refractivity contribution in [3.05, 3.63) is 29.8 Å². The molecule has 0 heterocycles. The van der Waals surface area contributed by atoms with Crippen LogP contribution in [-0.4, -0.2) is 41.0 Å². The van der Waals surface area contributed by atoms with Gasteiger partial charge in [0.2, 0.25) is 0 Å². The first-order valence-electron chi connectivity index (χ1n) is 5.96. The number of aliphatic carboxylic acids is 1. The molecule has 0 spiro atoms. The van der Waals surface area contributed by atoms with Crippen molar-refractivity contribution < 1.29 is 20.1 Å². The predicted molar refractivity (Wildman–Crippen MR) is 68.6 cm³/mol. The normalized spacial score (nSPS) is 12.2. The fourth-order valence-electron chi connectivity index (χ4n) is 1.77. The molecule has 1 aromatic carbocycles. The summed E-state index contributed by atoms with van der Waals surface area (Å²) in [6, 6.07) is 6.70. The number of carboxylic acid groups (broad SMARTS) is 1. The predicted octanol–water partition coefficient (Wildman–Crippen LogP) is 1.01. The summed E-state index contributed by atoms with van der Waals surface area (Å²) in [6.07, 6.45) is -0.531. The van der Waals surface area contributed by atoms with Crippen LogP contribution in [0.15, 0.2) is 24.3 Å². The third-order valence-corrected chi connectivity index (χ3v) is 2.67. The minimum Gasteiger partial charge on any atom is -0.479 e. The standard InChI is InChI=1S/C13H19NO4/c1-2-7-14(8-9-15)11-5-3-10(4-6-11)12(16)13(17)18/h3-6,12,15-16H,2,7-9H2,1H3,(H,17,18). The molecule has 0 radical (unpaired) electrons. The highest BCUT2D eigenvalue weighted by Gasteiger charge is 2.15.